The first-order valence-corrected chi connectivity index (χ1v) is 7.24. The molecular weight excluding hydrogens is 371 g/mol. The summed E-state index contributed by atoms with van der Waals surface area (Å²) >= 11 is 20.6. The fourth-order valence-corrected chi connectivity index (χ4v) is 0.958. The monoisotopic (exact) mass is 391 g/mol. The van der Waals surface area contributed by atoms with Crippen molar-refractivity contribution in [3.8, 4) is 0 Å². The molecule has 0 radical (unpaired) electrons. The smallest absolute Gasteiger partial charge is 0.241 e. The fourth-order valence-electron chi connectivity index (χ4n) is 0.353. The summed E-state index contributed by atoms with van der Waals surface area (Å²) in [7, 11) is 0. The number of halogens is 5. The minimum Gasteiger partial charge on any atom is -0.391 e. The molecule has 0 aromatic rings. The van der Waals surface area contributed by atoms with Gasteiger partial charge >= 0.3 is 0 Å². The van der Waals surface area contributed by atoms with Crippen LogP contribution in [0.25, 0.3) is 4.85 Å². The highest BCUT2D eigenvalue weighted by Crippen LogP contribution is 2.08. The molecule has 1 rings (SSSR count). The van der Waals surface area contributed by atoms with Gasteiger partial charge in [0.25, 0.3) is 0 Å². The van der Waals surface area contributed by atoms with E-state index in [0.29, 0.717) is 12.0 Å². The van der Waals surface area contributed by atoms with Crippen LogP contribution in [0.15, 0.2) is 0 Å². The minimum atomic E-state index is -0.640. The van der Waals surface area contributed by atoms with Gasteiger partial charge in [-0.2, -0.15) is 0 Å². The molecular formula is C11H22Cl5NO3. The number of hydrogen-bond acceptors (Lipinski definition) is 3. The van der Waals surface area contributed by atoms with Crippen molar-refractivity contribution < 1.29 is 14.9 Å². The molecule has 0 spiro atoms. The van der Waals surface area contributed by atoms with E-state index < -0.39 is 12.2 Å². The zero-order chi connectivity index (χ0) is 14.4. The predicted octanol–water partition coefficient (Wildman–Crippen LogP) is 3.01. The van der Waals surface area contributed by atoms with Gasteiger partial charge in [0, 0.05) is 11.8 Å². The van der Waals surface area contributed by atoms with Crippen LogP contribution in [0.5, 0.6) is 0 Å². The number of aliphatic hydroxyl groups excluding tert-OH is 2. The normalized spacial score (nSPS) is 16.0. The molecule has 1 fully saturated rings. The third kappa shape index (κ3) is 27.2. The van der Waals surface area contributed by atoms with Gasteiger partial charge in [0.05, 0.1) is 30.6 Å². The predicted molar refractivity (Wildman–Crippen MR) is 90.1 cm³/mol. The van der Waals surface area contributed by atoms with E-state index in [-0.39, 0.29) is 44.0 Å². The maximum Gasteiger partial charge on any atom is 0.241 e. The first-order chi connectivity index (χ1) is 8.55. The van der Waals surface area contributed by atoms with Crippen molar-refractivity contribution in [2.75, 3.05) is 36.7 Å². The second-order valence-electron chi connectivity index (χ2n) is 3.22. The molecule has 1 saturated heterocycles. The fraction of sp³-hybridized carbons (Fsp3) is 0.909. The van der Waals surface area contributed by atoms with Crippen LogP contribution >= 0.6 is 58.8 Å². The lowest BCUT2D eigenvalue weighted by Crippen LogP contribution is -2.10. The van der Waals surface area contributed by atoms with Crippen LogP contribution in [0.2, 0.25) is 0 Å². The van der Waals surface area contributed by atoms with Gasteiger partial charge in [-0.15, -0.1) is 58.8 Å². The maximum absolute atomic E-state index is 8.51. The molecule has 0 saturated carbocycles. The van der Waals surface area contributed by atoms with Crippen molar-refractivity contribution in [1.82, 2.24) is 0 Å². The summed E-state index contributed by atoms with van der Waals surface area (Å²) in [5.41, 5.74) is 0. The highest BCUT2D eigenvalue weighted by Gasteiger charge is 2.19. The summed E-state index contributed by atoms with van der Waals surface area (Å²) in [5, 5.41) is 16.9. The highest BCUT2D eigenvalue weighted by molar-refractivity contribution is 6.21. The Morgan fingerprint density at radius 1 is 1.10 bits per heavy atom. The summed E-state index contributed by atoms with van der Waals surface area (Å²) in [5.74, 6) is 1.27. The topological polar surface area (TPSA) is 57.3 Å². The Kier molecular flexibility index (Phi) is 32.0. The SMILES string of the molecule is C.Cl.ClCC1CO1.OC(CCl)CCl.[C-]#[N+]CC(O)CCl. The van der Waals surface area contributed by atoms with Crippen molar-refractivity contribution in [3.63, 3.8) is 0 Å². The molecule has 4 nitrogen and oxygen atoms in total. The van der Waals surface area contributed by atoms with Crippen molar-refractivity contribution in [3.05, 3.63) is 11.4 Å². The third-order valence-corrected chi connectivity index (χ3v) is 2.82. The largest absolute Gasteiger partial charge is 0.391 e. The van der Waals surface area contributed by atoms with Gasteiger partial charge in [-0.1, -0.05) is 7.43 Å². The van der Waals surface area contributed by atoms with Gasteiger partial charge in [0.2, 0.25) is 6.54 Å². The van der Waals surface area contributed by atoms with Crippen LogP contribution in [0.4, 0.5) is 0 Å². The minimum absolute atomic E-state index is 0. The second-order valence-corrected chi connectivity index (χ2v) is 4.46. The first-order valence-electron chi connectivity index (χ1n) is 5.10. The maximum atomic E-state index is 8.51. The Balaban J connectivity index is -0.0000000922. The molecule has 1 aliphatic heterocycles. The van der Waals surface area contributed by atoms with Crippen molar-refractivity contribution in [2.24, 2.45) is 0 Å². The van der Waals surface area contributed by atoms with E-state index in [1.165, 1.54) is 0 Å². The van der Waals surface area contributed by atoms with Gasteiger partial charge in [0.1, 0.15) is 6.10 Å². The zero-order valence-corrected chi connectivity index (χ0v) is 14.0. The Bertz CT molecular complexity index is 211. The Morgan fingerprint density at radius 2 is 1.50 bits per heavy atom. The van der Waals surface area contributed by atoms with Crippen LogP contribution in [0.3, 0.4) is 0 Å². The Labute approximate surface area is 147 Å². The first kappa shape index (κ1) is 28.9. The standard InChI is InChI=1S/C4H6ClNO.C3H6Cl2O.C3H5ClO.CH4.ClH/c1-6-3-4(7)2-5;4-1-3(6)2-5;4-1-3-2-5-3;;/h4,7H,2-3H2;3,6H,1-2H2;3H,1-2H2;1H4;1H. The number of rotatable bonds is 5. The van der Waals surface area contributed by atoms with Gasteiger partial charge in [-0.05, 0) is 0 Å². The van der Waals surface area contributed by atoms with Crippen molar-refractivity contribution in [1.29, 1.82) is 0 Å². The summed E-state index contributed by atoms with van der Waals surface area (Å²) in [6.07, 6.45) is -0.774. The number of hydrogen-bond donors (Lipinski definition) is 2. The summed E-state index contributed by atoms with van der Waals surface area (Å²) in [6.45, 7) is 7.24. The molecule has 1 heterocycles. The second kappa shape index (κ2) is 22.1. The molecule has 9 heteroatoms. The number of ether oxygens (including phenoxy) is 1. The molecule has 0 aromatic carbocycles. The van der Waals surface area contributed by atoms with E-state index in [1.54, 1.807) is 0 Å². The molecule has 0 aromatic heterocycles. The molecule has 0 aliphatic carbocycles. The third-order valence-electron chi connectivity index (χ3n) is 1.41. The van der Waals surface area contributed by atoms with E-state index in [0.717, 1.165) is 6.61 Å². The average Bonchev–Trinajstić information content (AvgIpc) is 3.23. The van der Waals surface area contributed by atoms with E-state index in [4.69, 9.17) is 67.9 Å². The number of alkyl halides is 4. The van der Waals surface area contributed by atoms with E-state index in [1.807, 2.05) is 0 Å². The van der Waals surface area contributed by atoms with Gasteiger partial charge < -0.3 is 19.8 Å². The Hall–Kier alpha value is 0.820. The highest BCUT2D eigenvalue weighted by atomic mass is 35.5. The summed E-state index contributed by atoms with van der Waals surface area (Å²) in [4.78, 5) is 2.92. The zero-order valence-electron chi connectivity index (χ0n) is 10.1. The van der Waals surface area contributed by atoms with E-state index in [9.17, 15) is 0 Å². The van der Waals surface area contributed by atoms with Gasteiger partial charge in [0.15, 0.2) is 0 Å². The van der Waals surface area contributed by atoms with Crippen LogP contribution in [0.1, 0.15) is 7.43 Å². The molecule has 1 aliphatic rings. The summed E-state index contributed by atoms with van der Waals surface area (Å²) in [6, 6.07) is 0. The molecule has 0 bridgehead atoms. The molecule has 20 heavy (non-hydrogen) atoms. The van der Waals surface area contributed by atoms with E-state index in [2.05, 4.69) is 4.85 Å². The lowest BCUT2D eigenvalue weighted by atomic mass is 10.4. The summed E-state index contributed by atoms with van der Waals surface area (Å²) < 4.78 is 4.73. The van der Waals surface area contributed by atoms with Crippen molar-refractivity contribution >= 4 is 58.8 Å². The molecule has 124 valence electrons. The molecule has 2 unspecified atom stereocenters. The molecule has 2 N–H and O–H groups in total. The van der Waals surface area contributed by atoms with Gasteiger partial charge in [-0.25, -0.2) is 6.57 Å². The molecule has 0 amide bonds. The van der Waals surface area contributed by atoms with Crippen LogP contribution < -0.4 is 0 Å². The van der Waals surface area contributed by atoms with Crippen LogP contribution in [0, 0.1) is 6.57 Å². The number of aliphatic hydroxyl groups is 2. The van der Waals surface area contributed by atoms with Gasteiger partial charge in [-0.3, -0.25) is 0 Å². The van der Waals surface area contributed by atoms with Crippen molar-refractivity contribution in [2.45, 2.75) is 25.7 Å². The quantitative estimate of drug-likeness (QED) is 0.429. The van der Waals surface area contributed by atoms with Crippen LogP contribution in [-0.4, -0.2) is 65.2 Å². The lowest BCUT2D eigenvalue weighted by molar-refractivity contribution is 0.215. The van der Waals surface area contributed by atoms with E-state index >= 15 is 0 Å². The number of epoxide rings is 1. The lowest BCUT2D eigenvalue weighted by Gasteiger charge is -1.94. The average molecular weight is 394 g/mol. The Morgan fingerprint density at radius 3 is 1.55 bits per heavy atom. The van der Waals surface area contributed by atoms with Crippen LogP contribution in [-0.2, 0) is 4.74 Å². The molecule has 2 atom stereocenters. The number of nitrogens with zero attached hydrogens (tertiary/aromatic N) is 1.